The number of carbonyl (C=O) groups excluding carboxylic acids is 3. The highest BCUT2D eigenvalue weighted by atomic mass is 16.2. The molecule has 6 nitrogen and oxygen atoms in total. The zero-order valence-corrected chi connectivity index (χ0v) is 19.2. The summed E-state index contributed by atoms with van der Waals surface area (Å²) in [5.41, 5.74) is 3.57. The fraction of sp³-hybridized carbons (Fsp3) is 0.179. The van der Waals surface area contributed by atoms with Crippen LogP contribution in [0.2, 0.25) is 0 Å². The standard InChI is InChI=1S/C28H29N3O3/c1-21(32)31-25-14-12-24(13-15-25)20-26(27(33)29-18-16-22-8-4-2-5-9-22)28(34)30-19-17-23-10-6-3-7-11-23/h2-15,20H,16-19H2,1H3,(H,29,33)(H,30,34)(H,31,32). The van der Waals surface area contributed by atoms with Crippen LogP contribution < -0.4 is 16.0 Å². The molecule has 0 saturated carbocycles. The van der Waals surface area contributed by atoms with Crippen molar-refractivity contribution < 1.29 is 14.4 Å². The van der Waals surface area contributed by atoms with Crippen LogP contribution >= 0.6 is 0 Å². The van der Waals surface area contributed by atoms with E-state index in [2.05, 4.69) is 16.0 Å². The molecule has 34 heavy (non-hydrogen) atoms. The van der Waals surface area contributed by atoms with E-state index in [0.717, 1.165) is 11.1 Å². The number of anilines is 1. The fourth-order valence-electron chi connectivity index (χ4n) is 3.39. The highest BCUT2D eigenvalue weighted by Gasteiger charge is 2.18. The largest absolute Gasteiger partial charge is 0.352 e. The predicted molar refractivity (Wildman–Crippen MR) is 135 cm³/mol. The van der Waals surface area contributed by atoms with Gasteiger partial charge in [-0.3, -0.25) is 14.4 Å². The highest BCUT2D eigenvalue weighted by molar-refractivity contribution is 6.21. The van der Waals surface area contributed by atoms with Gasteiger partial charge in [-0.25, -0.2) is 0 Å². The lowest BCUT2D eigenvalue weighted by Crippen LogP contribution is -2.36. The van der Waals surface area contributed by atoms with Crippen molar-refractivity contribution in [2.45, 2.75) is 19.8 Å². The van der Waals surface area contributed by atoms with Gasteiger partial charge in [-0.2, -0.15) is 0 Å². The van der Waals surface area contributed by atoms with Gasteiger partial charge in [-0.1, -0.05) is 72.8 Å². The van der Waals surface area contributed by atoms with E-state index in [4.69, 9.17) is 0 Å². The summed E-state index contributed by atoms with van der Waals surface area (Å²) >= 11 is 0. The summed E-state index contributed by atoms with van der Waals surface area (Å²) in [5.74, 6) is -1.03. The molecular formula is C28H29N3O3. The van der Waals surface area contributed by atoms with Crippen molar-refractivity contribution in [2.75, 3.05) is 18.4 Å². The summed E-state index contributed by atoms with van der Waals surface area (Å²) in [6.07, 6.45) is 2.90. The van der Waals surface area contributed by atoms with Crippen molar-refractivity contribution in [2.24, 2.45) is 0 Å². The summed E-state index contributed by atoms with van der Waals surface area (Å²) in [5, 5.41) is 8.41. The molecule has 0 aliphatic heterocycles. The Morgan fingerprint density at radius 1 is 0.676 bits per heavy atom. The van der Waals surface area contributed by atoms with E-state index in [1.807, 2.05) is 60.7 Å². The summed E-state index contributed by atoms with van der Waals surface area (Å²) in [6, 6.07) is 26.6. The van der Waals surface area contributed by atoms with Crippen LogP contribution in [0.3, 0.4) is 0 Å². The molecule has 3 aromatic carbocycles. The second kappa shape index (κ2) is 12.7. The summed E-state index contributed by atoms with van der Waals surface area (Å²) < 4.78 is 0. The molecule has 0 bridgehead atoms. The number of amides is 3. The van der Waals surface area contributed by atoms with Gasteiger partial charge < -0.3 is 16.0 Å². The van der Waals surface area contributed by atoms with Crippen LogP contribution in [0.1, 0.15) is 23.6 Å². The van der Waals surface area contributed by atoms with Crippen molar-refractivity contribution in [1.29, 1.82) is 0 Å². The highest BCUT2D eigenvalue weighted by Crippen LogP contribution is 2.13. The van der Waals surface area contributed by atoms with E-state index in [1.54, 1.807) is 30.3 Å². The average Bonchev–Trinajstić information content (AvgIpc) is 2.84. The monoisotopic (exact) mass is 455 g/mol. The van der Waals surface area contributed by atoms with Crippen molar-refractivity contribution in [3.05, 3.63) is 107 Å². The fourth-order valence-corrected chi connectivity index (χ4v) is 3.39. The normalized spacial score (nSPS) is 10.1. The molecule has 0 aliphatic carbocycles. The van der Waals surface area contributed by atoms with Crippen LogP contribution in [0.25, 0.3) is 6.08 Å². The second-order valence-electron chi connectivity index (χ2n) is 7.84. The molecule has 0 radical (unpaired) electrons. The van der Waals surface area contributed by atoms with Crippen molar-refractivity contribution in [3.8, 4) is 0 Å². The molecule has 0 unspecified atom stereocenters. The van der Waals surface area contributed by atoms with Gasteiger partial charge in [-0.15, -0.1) is 0 Å². The van der Waals surface area contributed by atoms with E-state index in [-0.39, 0.29) is 11.5 Å². The van der Waals surface area contributed by atoms with Crippen LogP contribution in [-0.2, 0) is 27.2 Å². The Morgan fingerprint density at radius 3 is 1.59 bits per heavy atom. The topological polar surface area (TPSA) is 87.3 Å². The minimum absolute atomic E-state index is 0.0356. The first kappa shape index (κ1) is 24.5. The lowest BCUT2D eigenvalue weighted by molar-refractivity contribution is -0.123. The van der Waals surface area contributed by atoms with Gasteiger partial charge >= 0.3 is 0 Å². The first-order valence-corrected chi connectivity index (χ1v) is 11.2. The molecule has 0 fully saturated rings. The average molecular weight is 456 g/mol. The molecule has 0 spiro atoms. The van der Waals surface area contributed by atoms with Gasteiger partial charge in [0.05, 0.1) is 0 Å². The lowest BCUT2D eigenvalue weighted by atomic mass is 10.1. The van der Waals surface area contributed by atoms with Crippen molar-refractivity contribution in [3.63, 3.8) is 0 Å². The third-order valence-electron chi connectivity index (χ3n) is 5.12. The molecular weight excluding hydrogens is 426 g/mol. The smallest absolute Gasteiger partial charge is 0.256 e. The Morgan fingerprint density at radius 2 is 1.15 bits per heavy atom. The molecule has 3 aromatic rings. The molecule has 0 atom stereocenters. The second-order valence-corrected chi connectivity index (χ2v) is 7.84. The van der Waals surface area contributed by atoms with Gasteiger partial charge in [-0.05, 0) is 47.7 Å². The molecule has 0 heterocycles. The van der Waals surface area contributed by atoms with Crippen LogP contribution in [0.15, 0.2) is 90.5 Å². The minimum Gasteiger partial charge on any atom is -0.352 e. The van der Waals surface area contributed by atoms with E-state index in [0.29, 0.717) is 37.2 Å². The van der Waals surface area contributed by atoms with Crippen LogP contribution in [-0.4, -0.2) is 30.8 Å². The zero-order valence-electron chi connectivity index (χ0n) is 19.2. The van der Waals surface area contributed by atoms with E-state index in [9.17, 15) is 14.4 Å². The number of nitrogens with one attached hydrogen (secondary N) is 3. The van der Waals surface area contributed by atoms with Gasteiger partial charge in [0, 0.05) is 25.7 Å². The quantitative estimate of drug-likeness (QED) is 0.247. The Kier molecular flexibility index (Phi) is 9.17. The predicted octanol–water partition coefficient (Wildman–Crippen LogP) is 3.75. The Bertz CT molecular complexity index is 1070. The third kappa shape index (κ3) is 8.06. The molecule has 3 N–H and O–H groups in total. The van der Waals surface area contributed by atoms with Gasteiger partial charge in [0.25, 0.3) is 11.8 Å². The number of hydrogen-bond acceptors (Lipinski definition) is 3. The molecule has 3 amide bonds. The minimum atomic E-state index is -0.431. The summed E-state index contributed by atoms with van der Waals surface area (Å²) in [4.78, 5) is 37.1. The Labute approximate surface area is 200 Å². The maximum atomic E-state index is 12.9. The molecule has 0 aliphatic rings. The first-order chi connectivity index (χ1) is 16.5. The SMILES string of the molecule is CC(=O)Nc1ccc(C=C(C(=O)NCCc2ccccc2)C(=O)NCCc2ccccc2)cc1. The molecule has 0 aromatic heterocycles. The Hall–Kier alpha value is -4.19. The van der Waals surface area contributed by atoms with Crippen LogP contribution in [0, 0.1) is 0 Å². The van der Waals surface area contributed by atoms with E-state index >= 15 is 0 Å². The van der Waals surface area contributed by atoms with Gasteiger partial charge in [0.15, 0.2) is 0 Å². The van der Waals surface area contributed by atoms with Crippen LogP contribution in [0.5, 0.6) is 0 Å². The number of hydrogen-bond donors (Lipinski definition) is 3. The number of carbonyl (C=O) groups is 3. The zero-order chi connectivity index (χ0) is 24.2. The lowest BCUT2D eigenvalue weighted by Gasteiger charge is -2.11. The summed E-state index contributed by atoms with van der Waals surface area (Å²) in [6.45, 7) is 2.27. The van der Waals surface area contributed by atoms with Crippen LogP contribution in [0.4, 0.5) is 5.69 Å². The Balaban J connectivity index is 1.68. The molecule has 0 saturated heterocycles. The maximum absolute atomic E-state index is 12.9. The molecule has 6 heteroatoms. The van der Waals surface area contributed by atoms with Gasteiger partial charge in [0.1, 0.15) is 5.57 Å². The van der Waals surface area contributed by atoms with Gasteiger partial charge in [0.2, 0.25) is 5.91 Å². The molecule has 3 rings (SSSR count). The van der Waals surface area contributed by atoms with E-state index < -0.39 is 11.8 Å². The first-order valence-electron chi connectivity index (χ1n) is 11.2. The molecule has 174 valence electrons. The third-order valence-corrected chi connectivity index (χ3v) is 5.12. The number of benzene rings is 3. The van der Waals surface area contributed by atoms with E-state index in [1.165, 1.54) is 6.92 Å². The summed E-state index contributed by atoms with van der Waals surface area (Å²) in [7, 11) is 0. The van der Waals surface area contributed by atoms with Crippen molar-refractivity contribution >= 4 is 29.5 Å². The van der Waals surface area contributed by atoms with Crippen molar-refractivity contribution in [1.82, 2.24) is 10.6 Å². The maximum Gasteiger partial charge on any atom is 0.256 e. The number of rotatable bonds is 10.